The van der Waals surface area contributed by atoms with Gasteiger partial charge in [-0.15, -0.1) is 0 Å². The van der Waals surface area contributed by atoms with E-state index >= 15 is 0 Å². The molecule has 0 aliphatic carbocycles. The molecule has 1 aromatic rings. The molecule has 1 aromatic heterocycles. The van der Waals surface area contributed by atoms with Gasteiger partial charge in [0.1, 0.15) is 5.69 Å². The Morgan fingerprint density at radius 1 is 1.75 bits per heavy atom. The van der Waals surface area contributed by atoms with Gasteiger partial charge in [-0.3, -0.25) is 0 Å². The Morgan fingerprint density at radius 3 is 3.08 bits per heavy atom. The van der Waals surface area contributed by atoms with E-state index in [1.807, 2.05) is 6.92 Å². The fourth-order valence-corrected chi connectivity index (χ4v) is 1.01. The molecule has 0 amide bonds. The second kappa shape index (κ2) is 3.90. The summed E-state index contributed by atoms with van der Waals surface area (Å²) in [5.74, 6) is -0.332. The first-order valence-corrected chi connectivity index (χ1v) is 3.88. The minimum Gasteiger partial charge on any atom is -0.464 e. The summed E-state index contributed by atoms with van der Waals surface area (Å²) in [5.41, 5.74) is 0.513. The highest BCUT2D eigenvalue weighted by Crippen LogP contribution is 2.01. The van der Waals surface area contributed by atoms with Crippen molar-refractivity contribution < 1.29 is 9.53 Å². The number of aromatic nitrogens is 2. The minimum atomic E-state index is -0.332. The Labute approximate surface area is 71.2 Å². The van der Waals surface area contributed by atoms with Crippen LogP contribution < -0.4 is 0 Å². The lowest BCUT2D eigenvalue weighted by molar-refractivity contribution is 0.0588. The van der Waals surface area contributed by atoms with Gasteiger partial charge in [0, 0.05) is 6.54 Å². The molecule has 0 aromatic carbocycles. The predicted octanol–water partition coefficient (Wildman–Crippen LogP) is 1.08. The van der Waals surface area contributed by atoms with Crippen molar-refractivity contribution in [3.05, 3.63) is 18.2 Å². The van der Waals surface area contributed by atoms with Crippen LogP contribution in [0.5, 0.6) is 0 Å². The number of ether oxygens (including phenoxy) is 1. The van der Waals surface area contributed by atoms with Crippen LogP contribution in [0.1, 0.15) is 23.8 Å². The van der Waals surface area contributed by atoms with Crippen molar-refractivity contribution >= 4 is 5.97 Å². The summed E-state index contributed by atoms with van der Waals surface area (Å²) in [5, 5.41) is 0. The van der Waals surface area contributed by atoms with Crippen molar-refractivity contribution in [1.82, 2.24) is 9.55 Å². The number of methoxy groups -OCH3 is 1. The number of hydrogen-bond acceptors (Lipinski definition) is 3. The number of nitrogens with zero attached hydrogens (tertiary/aromatic N) is 2. The first kappa shape index (κ1) is 8.77. The molecule has 0 radical (unpaired) electrons. The van der Waals surface area contributed by atoms with Gasteiger partial charge >= 0.3 is 5.97 Å². The van der Waals surface area contributed by atoms with Crippen molar-refractivity contribution in [3.63, 3.8) is 0 Å². The van der Waals surface area contributed by atoms with Crippen LogP contribution in [-0.4, -0.2) is 22.6 Å². The van der Waals surface area contributed by atoms with Gasteiger partial charge in [0.25, 0.3) is 0 Å². The molecule has 0 N–H and O–H groups in total. The fraction of sp³-hybridized carbons (Fsp3) is 0.500. The Morgan fingerprint density at radius 2 is 2.50 bits per heavy atom. The van der Waals surface area contributed by atoms with Crippen molar-refractivity contribution in [2.24, 2.45) is 0 Å². The number of esters is 1. The van der Waals surface area contributed by atoms with Crippen molar-refractivity contribution in [2.45, 2.75) is 19.9 Å². The smallest absolute Gasteiger partial charge is 0.356 e. The maximum absolute atomic E-state index is 11.1. The summed E-state index contributed by atoms with van der Waals surface area (Å²) in [7, 11) is 1.37. The van der Waals surface area contributed by atoms with Gasteiger partial charge in [-0.25, -0.2) is 9.78 Å². The van der Waals surface area contributed by atoms with E-state index < -0.39 is 0 Å². The van der Waals surface area contributed by atoms with E-state index in [1.165, 1.54) is 13.3 Å². The average Bonchev–Trinajstić information content (AvgIpc) is 2.52. The van der Waals surface area contributed by atoms with Crippen LogP contribution in [0.4, 0.5) is 0 Å². The molecule has 0 aliphatic heterocycles. The number of aryl methyl sites for hydroxylation is 1. The topological polar surface area (TPSA) is 44.1 Å². The molecular weight excluding hydrogens is 156 g/mol. The van der Waals surface area contributed by atoms with Gasteiger partial charge < -0.3 is 9.30 Å². The monoisotopic (exact) mass is 168 g/mol. The largest absolute Gasteiger partial charge is 0.464 e. The van der Waals surface area contributed by atoms with E-state index in [1.54, 1.807) is 10.9 Å². The molecule has 0 saturated carbocycles. The zero-order valence-corrected chi connectivity index (χ0v) is 7.28. The SMILES string of the molecule is CCCn1cncc1C(=O)OC. The van der Waals surface area contributed by atoms with Gasteiger partial charge in [0.05, 0.1) is 19.6 Å². The second-order valence-corrected chi connectivity index (χ2v) is 2.46. The molecular formula is C8H12N2O2. The molecule has 1 heterocycles. The molecule has 0 saturated heterocycles. The highest BCUT2D eigenvalue weighted by molar-refractivity contribution is 5.87. The zero-order valence-electron chi connectivity index (χ0n) is 7.28. The van der Waals surface area contributed by atoms with Gasteiger partial charge in [-0.05, 0) is 6.42 Å². The first-order valence-electron chi connectivity index (χ1n) is 3.88. The van der Waals surface area contributed by atoms with Crippen molar-refractivity contribution in [2.75, 3.05) is 7.11 Å². The number of carbonyl (C=O) groups excluding carboxylic acids is 1. The van der Waals surface area contributed by atoms with E-state index in [0.29, 0.717) is 5.69 Å². The van der Waals surface area contributed by atoms with Crippen LogP contribution >= 0.6 is 0 Å². The molecule has 4 heteroatoms. The lowest BCUT2D eigenvalue weighted by Crippen LogP contribution is -2.09. The van der Waals surface area contributed by atoms with E-state index in [9.17, 15) is 4.79 Å². The molecule has 0 unspecified atom stereocenters. The maximum atomic E-state index is 11.1. The highest BCUT2D eigenvalue weighted by atomic mass is 16.5. The van der Waals surface area contributed by atoms with Gasteiger partial charge in [-0.1, -0.05) is 6.92 Å². The lowest BCUT2D eigenvalue weighted by atomic mass is 10.4. The third-order valence-corrected chi connectivity index (χ3v) is 1.57. The molecule has 0 spiro atoms. The Hall–Kier alpha value is -1.32. The highest BCUT2D eigenvalue weighted by Gasteiger charge is 2.10. The van der Waals surface area contributed by atoms with E-state index in [4.69, 9.17) is 0 Å². The Bertz CT molecular complexity index is 268. The number of hydrogen-bond donors (Lipinski definition) is 0. The Balaban J connectivity index is 2.83. The summed E-state index contributed by atoms with van der Waals surface area (Å²) in [6.45, 7) is 2.84. The second-order valence-electron chi connectivity index (χ2n) is 2.46. The summed E-state index contributed by atoms with van der Waals surface area (Å²) in [6, 6.07) is 0. The molecule has 0 bridgehead atoms. The standard InChI is InChI=1S/C8H12N2O2/c1-3-4-10-6-9-5-7(10)8(11)12-2/h5-6H,3-4H2,1-2H3. The molecule has 0 fully saturated rings. The van der Waals surface area contributed by atoms with Crippen LogP contribution in [0.25, 0.3) is 0 Å². The van der Waals surface area contributed by atoms with Crippen LogP contribution in [0, 0.1) is 0 Å². The molecule has 66 valence electrons. The van der Waals surface area contributed by atoms with Gasteiger partial charge in [0.2, 0.25) is 0 Å². The van der Waals surface area contributed by atoms with Crippen LogP contribution in [0.2, 0.25) is 0 Å². The molecule has 0 atom stereocenters. The van der Waals surface area contributed by atoms with Crippen LogP contribution in [-0.2, 0) is 11.3 Å². The molecule has 12 heavy (non-hydrogen) atoms. The summed E-state index contributed by atoms with van der Waals surface area (Å²) >= 11 is 0. The van der Waals surface area contributed by atoms with E-state index in [2.05, 4.69) is 9.72 Å². The van der Waals surface area contributed by atoms with Crippen molar-refractivity contribution in [3.8, 4) is 0 Å². The number of rotatable bonds is 3. The number of imidazole rings is 1. The van der Waals surface area contributed by atoms with Crippen LogP contribution in [0.15, 0.2) is 12.5 Å². The predicted molar refractivity (Wildman–Crippen MR) is 43.9 cm³/mol. The summed E-state index contributed by atoms with van der Waals surface area (Å²) in [6.07, 6.45) is 4.12. The Kier molecular flexibility index (Phi) is 2.85. The third kappa shape index (κ3) is 1.64. The van der Waals surface area contributed by atoms with E-state index in [-0.39, 0.29) is 5.97 Å². The lowest BCUT2D eigenvalue weighted by Gasteiger charge is -2.03. The number of carbonyl (C=O) groups is 1. The van der Waals surface area contributed by atoms with Gasteiger partial charge in [-0.2, -0.15) is 0 Å². The third-order valence-electron chi connectivity index (χ3n) is 1.57. The fourth-order valence-electron chi connectivity index (χ4n) is 1.01. The maximum Gasteiger partial charge on any atom is 0.356 e. The molecule has 1 rings (SSSR count). The summed E-state index contributed by atoms with van der Waals surface area (Å²) < 4.78 is 6.37. The quantitative estimate of drug-likeness (QED) is 0.634. The van der Waals surface area contributed by atoms with Crippen LogP contribution in [0.3, 0.4) is 0 Å². The molecule has 0 aliphatic rings. The molecule has 4 nitrogen and oxygen atoms in total. The average molecular weight is 168 g/mol. The first-order chi connectivity index (χ1) is 5.79. The zero-order chi connectivity index (χ0) is 8.97. The minimum absolute atomic E-state index is 0.332. The van der Waals surface area contributed by atoms with Gasteiger partial charge in [0.15, 0.2) is 0 Å². The van der Waals surface area contributed by atoms with Crippen molar-refractivity contribution in [1.29, 1.82) is 0 Å². The summed E-state index contributed by atoms with van der Waals surface area (Å²) in [4.78, 5) is 15.0. The van der Waals surface area contributed by atoms with E-state index in [0.717, 1.165) is 13.0 Å². The normalized spacial score (nSPS) is 9.83.